The first-order chi connectivity index (χ1) is 4.79. The lowest BCUT2D eigenvalue weighted by Gasteiger charge is -1.95. The van der Waals surface area contributed by atoms with Gasteiger partial charge in [0.05, 0.1) is 0 Å². The maximum atomic E-state index is 3.77. The van der Waals surface area contributed by atoms with Crippen LogP contribution in [0.5, 0.6) is 0 Å². The molecule has 1 aromatic carbocycles. The predicted molar refractivity (Wildman–Crippen MR) is 55.5 cm³/mol. The van der Waals surface area contributed by atoms with Gasteiger partial charge >= 0.3 is 0 Å². The standard InChI is InChI=1S/C9H9Br.ClH/c1-8(10)7-9-5-3-2-4-6-9;/h2-6H,1,7H2;1H. The summed E-state index contributed by atoms with van der Waals surface area (Å²) < 4.78 is 1.03. The van der Waals surface area contributed by atoms with Crippen LogP contribution in [-0.4, -0.2) is 0 Å². The van der Waals surface area contributed by atoms with Gasteiger partial charge in [0.1, 0.15) is 0 Å². The third kappa shape index (κ3) is 4.23. The molecular formula is C9H10BrCl. The van der Waals surface area contributed by atoms with E-state index in [1.54, 1.807) is 0 Å². The highest BCUT2D eigenvalue weighted by Gasteiger charge is 1.90. The van der Waals surface area contributed by atoms with Gasteiger partial charge in [0.15, 0.2) is 0 Å². The summed E-state index contributed by atoms with van der Waals surface area (Å²) in [7, 11) is 0. The highest BCUT2D eigenvalue weighted by Crippen LogP contribution is 2.10. The topological polar surface area (TPSA) is 0 Å². The Hall–Kier alpha value is -0.270. The summed E-state index contributed by atoms with van der Waals surface area (Å²) in [5.41, 5.74) is 1.30. The summed E-state index contributed by atoms with van der Waals surface area (Å²) in [6, 6.07) is 10.3. The summed E-state index contributed by atoms with van der Waals surface area (Å²) in [4.78, 5) is 0. The molecular weight excluding hydrogens is 223 g/mol. The van der Waals surface area contributed by atoms with Crippen molar-refractivity contribution in [2.75, 3.05) is 0 Å². The summed E-state index contributed by atoms with van der Waals surface area (Å²) in [5, 5.41) is 0. The van der Waals surface area contributed by atoms with E-state index in [1.807, 2.05) is 18.2 Å². The molecule has 0 aromatic heterocycles. The van der Waals surface area contributed by atoms with Crippen molar-refractivity contribution in [3.63, 3.8) is 0 Å². The molecule has 11 heavy (non-hydrogen) atoms. The highest BCUT2D eigenvalue weighted by atomic mass is 79.9. The molecule has 1 aromatic rings. The maximum Gasteiger partial charge on any atom is 0.00347 e. The maximum absolute atomic E-state index is 3.77. The third-order valence-electron chi connectivity index (χ3n) is 1.24. The third-order valence-corrected chi connectivity index (χ3v) is 1.52. The van der Waals surface area contributed by atoms with Crippen molar-refractivity contribution in [3.8, 4) is 0 Å². The van der Waals surface area contributed by atoms with Gasteiger partial charge in [-0.05, 0) is 10.0 Å². The minimum atomic E-state index is 0. The first-order valence-electron chi connectivity index (χ1n) is 3.16. The van der Waals surface area contributed by atoms with Gasteiger partial charge in [0.2, 0.25) is 0 Å². The van der Waals surface area contributed by atoms with Crippen LogP contribution in [0.4, 0.5) is 0 Å². The normalized spacial score (nSPS) is 8.45. The molecule has 0 spiro atoms. The van der Waals surface area contributed by atoms with E-state index in [0.717, 1.165) is 10.9 Å². The minimum absolute atomic E-state index is 0. The molecule has 0 aliphatic carbocycles. The van der Waals surface area contributed by atoms with Crippen LogP contribution < -0.4 is 0 Å². The van der Waals surface area contributed by atoms with Crippen LogP contribution in [0.15, 0.2) is 41.4 Å². The van der Waals surface area contributed by atoms with Crippen molar-refractivity contribution in [2.45, 2.75) is 6.42 Å². The van der Waals surface area contributed by atoms with Gasteiger partial charge in [0, 0.05) is 6.42 Å². The molecule has 0 fully saturated rings. The van der Waals surface area contributed by atoms with Crippen LogP contribution in [0.2, 0.25) is 0 Å². The van der Waals surface area contributed by atoms with E-state index in [1.165, 1.54) is 5.56 Å². The Morgan fingerprint density at radius 3 is 2.27 bits per heavy atom. The molecule has 1 rings (SSSR count). The van der Waals surface area contributed by atoms with Gasteiger partial charge in [-0.2, -0.15) is 0 Å². The van der Waals surface area contributed by atoms with E-state index >= 15 is 0 Å². The molecule has 0 amide bonds. The first-order valence-corrected chi connectivity index (χ1v) is 3.95. The van der Waals surface area contributed by atoms with Crippen molar-refractivity contribution in [1.29, 1.82) is 0 Å². The van der Waals surface area contributed by atoms with E-state index in [4.69, 9.17) is 0 Å². The summed E-state index contributed by atoms with van der Waals surface area (Å²) >= 11 is 3.32. The van der Waals surface area contributed by atoms with Crippen LogP contribution in [0, 0.1) is 0 Å². The second kappa shape index (κ2) is 5.39. The number of allylic oxidation sites excluding steroid dienone is 1. The van der Waals surface area contributed by atoms with Gasteiger partial charge < -0.3 is 0 Å². The zero-order valence-electron chi connectivity index (χ0n) is 6.09. The van der Waals surface area contributed by atoms with Crippen LogP contribution in [-0.2, 0) is 6.42 Å². The SMILES string of the molecule is C=C(Br)Cc1ccccc1.Cl. The van der Waals surface area contributed by atoms with Crippen molar-refractivity contribution in [2.24, 2.45) is 0 Å². The van der Waals surface area contributed by atoms with E-state index in [-0.39, 0.29) is 12.4 Å². The fraction of sp³-hybridized carbons (Fsp3) is 0.111. The Morgan fingerprint density at radius 1 is 1.27 bits per heavy atom. The summed E-state index contributed by atoms with van der Waals surface area (Å²) in [6.45, 7) is 3.77. The molecule has 0 unspecified atom stereocenters. The molecule has 0 aliphatic heterocycles. The van der Waals surface area contributed by atoms with Gasteiger partial charge in [-0.3, -0.25) is 0 Å². The Balaban J connectivity index is 0.000001000. The van der Waals surface area contributed by atoms with E-state index in [9.17, 15) is 0 Å². The predicted octanol–water partition coefficient (Wildman–Crippen LogP) is 3.56. The zero-order chi connectivity index (χ0) is 7.40. The molecule has 0 saturated heterocycles. The van der Waals surface area contributed by atoms with Crippen molar-refractivity contribution >= 4 is 28.3 Å². The summed E-state index contributed by atoms with van der Waals surface area (Å²) in [6.07, 6.45) is 0.918. The van der Waals surface area contributed by atoms with Crippen molar-refractivity contribution in [1.82, 2.24) is 0 Å². The van der Waals surface area contributed by atoms with Crippen LogP contribution >= 0.6 is 28.3 Å². The van der Waals surface area contributed by atoms with Gasteiger partial charge in [-0.15, -0.1) is 12.4 Å². The van der Waals surface area contributed by atoms with Crippen LogP contribution in [0.25, 0.3) is 0 Å². The molecule has 0 bridgehead atoms. The number of rotatable bonds is 2. The van der Waals surface area contributed by atoms with E-state index in [2.05, 4.69) is 34.6 Å². The Morgan fingerprint density at radius 2 is 1.82 bits per heavy atom. The fourth-order valence-corrected chi connectivity index (χ4v) is 1.14. The largest absolute Gasteiger partial charge is 0.147 e. The Bertz CT molecular complexity index is 218. The highest BCUT2D eigenvalue weighted by molar-refractivity contribution is 9.11. The Kier molecular flexibility index (Phi) is 5.26. The molecule has 60 valence electrons. The smallest absolute Gasteiger partial charge is 0.00347 e. The van der Waals surface area contributed by atoms with E-state index in [0.29, 0.717) is 0 Å². The minimum Gasteiger partial charge on any atom is -0.147 e. The molecule has 0 N–H and O–H groups in total. The van der Waals surface area contributed by atoms with Crippen molar-refractivity contribution in [3.05, 3.63) is 47.0 Å². The van der Waals surface area contributed by atoms with Gasteiger partial charge in [0.25, 0.3) is 0 Å². The number of halogens is 2. The summed E-state index contributed by atoms with van der Waals surface area (Å²) in [5.74, 6) is 0. The average Bonchev–Trinajstić information content (AvgIpc) is 1.88. The molecule has 0 atom stereocenters. The van der Waals surface area contributed by atoms with Crippen molar-refractivity contribution < 1.29 is 0 Å². The second-order valence-corrected chi connectivity index (χ2v) is 3.30. The monoisotopic (exact) mass is 232 g/mol. The second-order valence-electron chi connectivity index (χ2n) is 2.18. The van der Waals surface area contributed by atoms with Crippen LogP contribution in [0.1, 0.15) is 5.56 Å². The lowest BCUT2D eigenvalue weighted by atomic mass is 10.2. The average molecular weight is 234 g/mol. The number of hydrogen-bond acceptors (Lipinski definition) is 0. The molecule has 0 radical (unpaired) electrons. The van der Waals surface area contributed by atoms with E-state index < -0.39 is 0 Å². The molecule has 2 heteroatoms. The first kappa shape index (κ1) is 10.7. The Labute approximate surface area is 81.9 Å². The van der Waals surface area contributed by atoms with Crippen LogP contribution in [0.3, 0.4) is 0 Å². The number of benzene rings is 1. The number of hydrogen-bond donors (Lipinski definition) is 0. The lowest BCUT2D eigenvalue weighted by molar-refractivity contribution is 1.26. The lowest BCUT2D eigenvalue weighted by Crippen LogP contribution is -1.80. The molecule has 0 aliphatic rings. The molecule has 0 nitrogen and oxygen atoms in total. The van der Waals surface area contributed by atoms with Gasteiger partial charge in [-0.25, -0.2) is 0 Å². The zero-order valence-corrected chi connectivity index (χ0v) is 8.49. The molecule has 0 saturated carbocycles. The molecule has 0 heterocycles. The fourth-order valence-electron chi connectivity index (χ4n) is 0.817. The quantitative estimate of drug-likeness (QED) is 0.733. The van der Waals surface area contributed by atoms with Gasteiger partial charge in [-0.1, -0.05) is 52.8 Å².